The highest BCUT2D eigenvalue weighted by Gasteiger charge is 2.16. The van der Waals surface area contributed by atoms with E-state index in [0.29, 0.717) is 31.1 Å². The van der Waals surface area contributed by atoms with E-state index in [1.807, 2.05) is 18.2 Å². The summed E-state index contributed by atoms with van der Waals surface area (Å²) >= 11 is 0. The molecule has 0 unspecified atom stereocenters. The SMILES string of the molecule is O=S(=O)(Cl)CCc1cccc2c1OCCCO2. The molecule has 1 aromatic rings. The maximum absolute atomic E-state index is 10.9. The lowest BCUT2D eigenvalue weighted by atomic mass is 10.1. The molecule has 17 heavy (non-hydrogen) atoms. The van der Waals surface area contributed by atoms with Crippen LogP contribution in [0.5, 0.6) is 11.5 Å². The highest BCUT2D eigenvalue weighted by molar-refractivity contribution is 8.13. The van der Waals surface area contributed by atoms with E-state index in [1.165, 1.54) is 0 Å². The second-order valence-electron chi connectivity index (χ2n) is 3.79. The molecule has 0 bridgehead atoms. The van der Waals surface area contributed by atoms with Crippen molar-refractivity contribution in [2.75, 3.05) is 19.0 Å². The van der Waals surface area contributed by atoms with Crippen molar-refractivity contribution in [1.29, 1.82) is 0 Å². The molecule has 0 aliphatic carbocycles. The molecule has 0 N–H and O–H groups in total. The second-order valence-corrected chi connectivity index (χ2v) is 6.68. The Morgan fingerprint density at radius 3 is 2.76 bits per heavy atom. The Morgan fingerprint density at radius 1 is 1.24 bits per heavy atom. The Balaban J connectivity index is 2.22. The van der Waals surface area contributed by atoms with Gasteiger partial charge in [0.05, 0.1) is 19.0 Å². The molecule has 94 valence electrons. The molecule has 0 spiro atoms. The third-order valence-corrected chi connectivity index (χ3v) is 3.62. The summed E-state index contributed by atoms with van der Waals surface area (Å²) in [6.45, 7) is 1.20. The minimum atomic E-state index is -3.48. The standard InChI is InChI=1S/C11H13ClO4S/c12-17(13,14)8-5-9-3-1-4-10-11(9)16-7-2-6-15-10/h1,3-4H,2,5-8H2. The number of hydrogen-bond acceptors (Lipinski definition) is 4. The summed E-state index contributed by atoms with van der Waals surface area (Å²) in [6, 6.07) is 5.47. The number of hydrogen-bond donors (Lipinski definition) is 0. The van der Waals surface area contributed by atoms with Crippen molar-refractivity contribution in [3.8, 4) is 11.5 Å². The van der Waals surface area contributed by atoms with Crippen molar-refractivity contribution in [3.05, 3.63) is 23.8 Å². The van der Waals surface area contributed by atoms with Crippen molar-refractivity contribution < 1.29 is 17.9 Å². The van der Waals surface area contributed by atoms with Gasteiger partial charge < -0.3 is 9.47 Å². The van der Waals surface area contributed by atoms with Crippen LogP contribution in [0.15, 0.2) is 18.2 Å². The van der Waals surface area contributed by atoms with Gasteiger partial charge in [-0.15, -0.1) is 0 Å². The molecule has 0 saturated carbocycles. The topological polar surface area (TPSA) is 52.6 Å². The zero-order valence-corrected chi connectivity index (χ0v) is 10.8. The minimum Gasteiger partial charge on any atom is -0.490 e. The fourth-order valence-electron chi connectivity index (χ4n) is 1.68. The van der Waals surface area contributed by atoms with Gasteiger partial charge in [0.15, 0.2) is 11.5 Å². The Morgan fingerprint density at radius 2 is 2.00 bits per heavy atom. The number of fused-ring (bicyclic) bond motifs is 1. The summed E-state index contributed by atoms with van der Waals surface area (Å²) in [6.07, 6.45) is 1.15. The number of aryl methyl sites for hydroxylation is 1. The summed E-state index contributed by atoms with van der Waals surface area (Å²) in [4.78, 5) is 0. The van der Waals surface area contributed by atoms with Gasteiger partial charge in [0.2, 0.25) is 9.05 Å². The molecule has 1 aliphatic rings. The molecule has 4 nitrogen and oxygen atoms in total. The molecule has 0 aromatic heterocycles. The van der Waals surface area contributed by atoms with Crippen LogP contribution in [0.1, 0.15) is 12.0 Å². The molecule has 0 fully saturated rings. The third kappa shape index (κ3) is 3.51. The van der Waals surface area contributed by atoms with E-state index in [2.05, 4.69) is 0 Å². The molecule has 6 heteroatoms. The maximum Gasteiger partial charge on any atom is 0.232 e. The highest BCUT2D eigenvalue weighted by atomic mass is 35.7. The van der Waals surface area contributed by atoms with E-state index in [4.69, 9.17) is 20.2 Å². The third-order valence-electron chi connectivity index (χ3n) is 2.47. The lowest BCUT2D eigenvalue weighted by Crippen LogP contribution is -2.04. The molecule has 0 radical (unpaired) electrons. The molecule has 0 amide bonds. The molecule has 1 aromatic carbocycles. The van der Waals surface area contributed by atoms with E-state index in [0.717, 1.165) is 12.0 Å². The first-order valence-corrected chi connectivity index (χ1v) is 7.84. The van der Waals surface area contributed by atoms with Gasteiger partial charge >= 0.3 is 0 Å². The second kappa shape index (κ2) is 5.14. The Hall–Kier alpha value is -0.940. The lowest BCUT2D eigenvalue weighted by molar-refractivity contribution is 0.296. The van der Waals surface area contributed by atoms with E-state index in [9.17, 15) is 8.42 Å². The zero-order chi connectivity index (χ0) is 12.3. The van der Waals surface area contributed by atoms with Crippen molar-refractivity contribution in [2.45, 2.75) is 12.8 Å². The van der Waals surface area contributed by atoms with Crippen LogP contribution in [0.2, 0.25) is 0 Å². The van der Waals surface area contributed by atoms with Crippen LogP contribution in [0.4, 0.5) is 0 Å². The van der Waals surface area contributed by atoms with Gasteiger partial charge in [-0.1, -0.05) is 12.1 Å². The monoisotopic (exact) mass is 276 g/mol. The van der Waals surface area contributed by atoms with Gasteiger partial charge in [0.1, 0.15) is 0 Å². The van der Waals surface area contributed by atoms with Gasteiger partial charge in [-0.2, -0.15) is 0 Å². The Bertz CT molecular complexity index is 498. The van der Waals surface area contributed by atoms with Crippen molar-refractivity contribution in [2.24, 2.45) is 0 Å². The first-order valence-electron chi connectivity index (χ1n) is 5.36. The molecular formula is C11H13ClO4S. The van der Waals surface area contributed by atoms with Gasteiger partial charge in [0.25, 0.3) is 0 Å². The molecule has 0 saturated heterocycles. The zero-order valence-electron chi connectivity index (χ0n) is 9.19. The molecule has 0 atom stereocenters. The van der Waals surface area contributed by atoms with E-state index >= 15 is 0 Å². The van der Waals surface area contributed by atoms with Gasteiger partial charge in [-0.25, -0.2) is 8.42 Å². The molecule has 1 aliphatic heterocycles. The maximum atomic E-state index is 10.9. The van der Waals surface area contributed by atoms with E-state index < -0.39 is 9.05 Å². The van der Waals surface area contributed by atoms with Crippen LogP contribution in [-0.2, 0) is 15.5 Å². The van der Waals surface area contributed by atoms with Gasteiger partial charge in [-0.3, -0.25) is 0 Å². The average molecular weight is 277 g/mol. The molecule has 2 rings (SSSR count). The summed E-state index contributed by atoms with van der Waals surface area (Å²) in [5, 5.41) is 0. The summed E-state index contributed by atoms with van der Waals surface area (Å²) in [5.41, 5.74) is 0.814. The van der Waals surface area contributed by atoms with Crippen molar-refractivity contribution in [1.82, 2.24) is 0 Å². The predicted octanol–water partition coefficient (Wildman–Crippen LogP) is 1.96. The minimum absolute atomic E-state index is 0.103. The van der Waals surface area contributed by atoms with Crippen LogP contribution < -0.4 is 9.47 Å². The fraction of sp³-hybridized carbons (Fsp3) is 0.455. The average Bonchev–Trinajstić information content (AvgIpc) is 2.50. The van der Waals surface area contributed by atoms with E-state index in [1.54, 1.807) is 0 Å². The predicted molar refractivity (Wildman–Crippen MR) is 65.4 cm³/mol. The van der Waals surface area contributed by atoms with Crippen LogP contribution >= 0.6 is 10.7 Å². The van der Waals surface area contributed by atoms with Crippen LogP contribution in [0.25, 0.3) is 0 Å². The van der Waals surface area contributed by atoms with Gasteiger partial charge in [-0.05, 0) is 18.1 Å². The normalized spacial score (nSPS) is 15.4. The van der Waals surface area contributed by atoms with Crippen LogP contribution in [0.3, 0.4) is 0 Å². The van der Waals surface area contributed by atoms with E-state index in [-0.39, 0.29) is 5.75 Å². The molecular weight excluding hydrogens is 264 g/mol. The Labute approximate surface area is 105 Å². The largest absolute Gasteiger partial charge is 0.490 e. The quantitative estimate of drug-likeness (QED) is 0.792. The number of benzene rings is 1. The first kappa shape index (κ1) is 12.5. The number of ether oxygens (including phenoxy) is 2. The number of para-hydroxylation sites is 1. The smallest absolute Gasteiger partial charge is 0.232 e. The number of halogens is 1. The summed E-state index contributed by atoms with van der Waals surface area (Å²) < 4.78 is 33.0. The van der Waals surface area contributed by atoms with Crippen molar-refractivity contribution >= 4 is 19.7 Å². The lowest BCUT2D eigenvalue weighted by Gasteiger charge is -2.11. The van der Waals surface area contributed by atoms with Crippen LogP contribution in [-0.4, -0.2) is 27.4 Å². The summed E-state index contributed by atoms with van der Waals surface area (Å²) in [7, 11) is 1.72. The van der Waals surface area contributed by atoms with Crippen molar-refractivity contribution in [3.63, 3.8) is 0 Å². The first-order chi connectivity index (χ1) is 8.06. The van der Waals surface area contributed by atoms with Crippen LogP contribution in [0, 0.1) is 0 Å². The highest BCUT2D eigenvalue weighted by Crippen LogP contribution is 2.33. The molecule has 1 heterocycles. The number of rotatable bonds is 3. The van der Waals surface area contributed by atoms with Gasteiger partial charge in [0, 0.05) is 17.1 Å². The fourth-order valence-corrected chi connectivity index (χ4v) is 2.38. The summed E-state index contributed by atoms with van der Waals surface area (Å²) in [5.74, 6) is 1.21. The Kier molecular flexibility index (Phi) is 3.79.